The fourth-order valence-electron chi connectivity index (χ4n) is 1.88. The Morgan fingerprint density at radius 2 is 1.46 bits per heavy atom. The Kier molecular flexibility index (Phi) is 3.33. The highest BCUT2D eigenvalue weighted by Gasteiger charge is 2.42. The van der Waals surface area contributed by atoms with E-state index in [1.807, 2.05) is 0 Å². The van der Waals surface area contributed by atoms with Gasteiger partial charge in [0, 0.05) is 11.8 Å². The van der Waals surface area contributed by atoms with E-state index in [4.69, 9.17) is 9.47 Å². The van der Waals surface area contributed by atoms with E-state index in [9.17, 15) is 5.11 Å². The van der Waals surface area contributed by atoms with Crippen LogP contribution in [0.4, 0.5) is 0 Å². The SMILES string of the molecule is CC(C)C1(C(C)C)OCC(O)CO1. The second kappa shape index (κ2) is 3.95. The van der Waals surface area contributed by atoms with Crippen LogP contribution in [0, 0.1) is 11.8 Å². The van der Waals surface area contributed by atoms with Crippen molar-refractivity contribution >= 4 is 0 Å². The zero-order chi connectivity index (χ0) is 10.1. The number of ether oxygens (including phenoxy) is 2. The summed E-state index contributed by atoms with van der Waals surface area (Å²) in [6.45, 7) is 9.09. The Bertz CT molecular complexity index is 148. The molecule has 1 heterocycles. The molecule has 3 nitrogen and oxygen atoms in total. The quantitative estimate of drug-likeness (QED) is 0.712. The third-order valence-electron chi connectivity index (χ3n) is 2.61. The van der Waals surface area contributed by atoms with Gasteiger partial charge in [-0.1, -0.05) is 27.7 Å². The van der Waals surface area contributed by atoms with Crippen molar-refractivity contribution in [1.82, 2.24) is 0 Å². The fourth-order valence-corrected chi connectivity index (χ4v) is 1.88. The molecule has 3 heteroatoms. The zero-order valence-corrected chi connectivity index (χ0v) is 8.91. The number of hydrogen-bond acceptors (Lipinski definition) is 3. The number of rotatable bonds is 2. The van der Waals surface area contributed by atoms with Crippen LogP contribution < -0.4 is 0 Å². The van der Waals surface area contributed by atoms with Crippen LogP contribution in [0.5, 0.6) is 0 Å². The molecule has 0 unspecified atom stereocenters. The summed E-state index contributed by atoms with van der Waals surface area (Å²) in [6, 6.07) is 0. The van der Waals surface area contributed by atoms with Crippen LogP contribution in [-0.4, -0.2) is 30.2 Å². The van der Waals surface area contributed by atoms with Crippen LogP contribution >= 0.6 is 0 Å². The number of hydrogen-bond donors (Lipinski definition) is 1. The molecule has 1 aliphatic rings. The third kappa shape index (κ3) is 2.03. The molecule has 1 aliphatic heterocycles. The van der Waals surface area contributed by atoms with Gasteiger partial charge in [0.2, 0.25) is 0 Å². The molecule has 0 saturated carbocycles. The maximum atomic E-state index is 9.25. The van der Waals surface area contributed by atoms with Gasteiger partial charge in [-0.3, -0.25) is 0 Å². The molecule has 1 saturated heterocycles. The van der Waals surface area contributed by atoms with Crippen LogP contribution in [0.25, 0.3) is 0 Å². The first kappa shape index (κ1) is 11.0. The lowest BCUT2D eigenvalue weighted by molar-refractivity contribution is -0.330. The van der Waals surface area contributed by atoms with E-state index >= 15 is 0 Å². The summed E-state index contributed by atoms with van der Waals surface area (Å²) < 4.78 is 11.3. The smallest absolute Gasteiger partial charge is 0.173 e. The summed E-state index contributed by atoms with van der Waals surface area (Å²) >= 11 is 0. The molecule has 0 aromatic carbocycles. The number of aliphatic hydroxyl groups is 1. The topological polar surface area (TPSA) is 38.7 Å². The van der Waals surface area contributed by atoms with Crippen LogP contribution in [0.1, 0.15) is 27.7 Å². The van der Waals surface area contributed by atoms with Gasteiger partial charge >= 0.3 is 0 Å². The van der Waals surface area contributed by atoms with Crippen molar-refractivity contribution in [2.45, 2.75) is 39.6 Å². The molecule has 0 aliphatic carbocycles. The van der Waals surface area contributed by atoms with E-state index in [1.165, 1.54) is 0 Å². The Balaban J connectivity index is 2.69. The van der Waals surface area contributed by atoms with Gasteiger partial charge < -0.3 is 14.6 Å². The Morgan fingerprint density at radius 1 is 1.08 bits per heavy atom. The van der Waals surface area contributed by atoms with Crippen LogP contribution in [0.3, 0.4) is 0 Å². The molecule has 1 N–H and O–H groups in total. The lowest BCUT2D eigenvalue weighted by Crippen LogP contribution is -2.53. The molecule has 78 valence electrons. The minimum Gasteiger partial charge on any atom is -0.388 e. The predicted molar refractivity (Wildman–Crippen MR) is 50.3 cm³/mol. The first-order valence-electron chi connectivity index (χ1n) is 4.95. The molecule has 13 heavy (non-hydrogen) atoms. The first-order chi connectivity index (χ1) is 5.99. The van der Waals surface area contributed by atoms with E-state index < -0.39 is 11.9 Å². The van der Waals surface area contributed by atoms with Gasteiger partial charge in [0.1, 0.15) is 6.10 Å². The summed E-state index contributed by atoms with van der Waals surface area (Å²) in [4.78, 5) is 0. The van der Waals surface area contributed by atoms with Crippen LogP contribution in [0.15, 0.2) is 0 Å². The second-order valence-corrected chi connectivity index (χ2v) is 4.31. The van der Waals surface area contributed by atoms with Crippen LogP contribution in [0.2, 0.25) is 0 Å². The lowest BCUT2D eigenvalue weighted by atomic mass is 9.90. The summed E-state index contributed by atoms with van der Waals surface area (Å²) in [5.41, 5.74) is 0. The summed E-state index contributed by atoms with van der Waals surface area (Å²) in [5.74, 6) is 0.110. The molecule has 0 amide bonds. The first-order valence-corrected chi connectivity index (χ1v) is 4.95. The maximum absolute atomic E-state index is 9.25. The summed E-state index contributed by atoms with van der Waals surface area (Å²) in [7, 11) is 0. The van der Waals surface area contributed by atoms with Crippen molar-refractivity contribution in [2.24, 2.45) is 11.8 Å². The highest BCUT2D eigenvalue weighted by Crippen LogP contribution is 2.34. The Morgan fingerprint density at radius 3 is 1.77 bits per heavy atom. The lowest BCUT2D eigenvalue weighted by Gasteiger charge is -2.44. The van der Waals surface area contributed by atoms with Gasteiger partial charge in [0.05, 0.1) is 13.2 Å². The average molecular weight is 188 g/mol. The van der Waals surface area contributed by atoms with Crippen molar-refractivity contribution in [3.63, 3.8) is 0 Å². The van der Waals surface area contributed by atoms with E-state index in [2.05, 4.69) is 27.7 Å². The van der Waals surface area contributed by atoms with Gasteiger partial charge in [-0.25, -0.2) is 0 Å². The Labute approximate surface area is 80.0 Å². The van der Waals surface area contributed by atoms with Gasteiger partial charge in [-0.2, -0.15) is 0 Å². The standard InChI is InChI=1S/C10H20O3/c1-7(2)10(8(3)4)12-5-9(11)6-13-10/h7-9,11H,5-6H2,1-4H3. The molecule has 0 spiro atoms. The average Bonchev–Trinajstić information content (AvgIpc) is 2.04. The van der Waals surface area contributed by atoms with Crippen molar-refractivity contribution in [1.29, 1.82) is 0 Å². The minimum atomic E-state index is -0.501. The molecule has 0 bridgehead atoms. The Hall–Kier alpha value is -0.120. The van der Waals surface area contributed by atoms with E-state index in [-0.39, 0.29) is 0 Å². The monoisotopic (exact) mass is 188 g/mol. The van der Waals surface area contributed by atoms with E-state index in [1.54, 1.807) is 0 Å². The third-order valence-corrected chi connectivity index (χ3v) is 2.61. The van der Waals surface area contributed by atoms with Crippen molar-refractivity contribution in [3.8, 4) is 0 Å². The van der Waals surface area contributed by atoms with E-state index in [0.29, 0.717) is 25.0 Å². The molecular formula is C10H20O3. The van der Waals surface area contributed by atoms with Crippen molar-refractivity contribution < 1.29 is 14.6 Å². The minimum absolute atomic E-state index is 0.306. The fraction of sp³-hybridized carbons (Fsp3) is 1.00. The van der Waals surface area contributed by atoms with Crippen molar-refractivity contribution in [3.05, 3.63) is 0 Å². The van der Waals surface area contributed by atoms with Gasteiger partial charge in [-0.05, 0) is 0 Å². The number of aliphatic hydroxyl groups excluding tert-OH is 1. The predicted octanol–water partition coefficient (Wildman–Crippen LogP) is 1.40. The van der Waals surface area contributed by atoms with Gasteiger partial charge in [0.15, 0.2) is 5.79 Å². The van der Waals surface area contributed by atoms with Gasteiger partial charge in [-0.15, -0.1) is 0 Å². The molecular weight excluding hydrogens is 168 g/mol. The van der Waals surface area contributed by atoms with Crippen molar-refractivity contribution in [2.75, 3.05) is 13.2 Å². The molecule has 1 fully saturated rings. The normalized spacial score (nSPS) is 24.2. The molecule has 0 aromatic rings. The van der Waals surface area contributed by atoms with E-state index in [0.717, 1.165) is 0 Å². The second-order valence-electron chi connectivity index (χ2n) is 4.31. The maximum Gasteiger partial charge on any atom is 0.173 e. The molecule has 0 radical (unpaired) electrons. The molecule has 0 atom stereocenters. The van der Waals surface area contributed by atoms with Crippen LogP contribution in [-0.2, 0) is 9.47 Å². The van der Waals surface area contributed by atoms with Gasteiger partial charge in [0.25, 0.3) is 0 Å². The highest BCUT2D eigenvalue weighted by molar-refractivity contribution is 4.81. The largest absolute Gasteiger partial charge is 0.388 e. The molecule has 0 aromatic heterocycles. The summed E-state index contributed by atoms with van der Waals surface area (Å²) in [6.07, 6.45) is -0.467. The highest BCUT2D eigenvalue weighted by atomic mass is 16.7. The molecule has 1 rings (SSSR count). The summed E-state index contributed by atoms with van der Waals surface area (Å²) in [5, 5.41) is 9.25. The zero-order valence-electron chi connectivity index (χ0n) is 8.91.